The van der Waals surface area contributed by atoms with E-state index in [9.17, 15) is 20.1 Å². The van der Waals surface area contributed by atoms with Crippen LogP contribution in [0.1, 0.15) is 6.23 Å². The van der Waals surface area contributed by atoms with Gasteiger partial charge in [-0.2, -0.15) is 4.98 Å². The number of fused-ring (bicyclic) bond motifs is 2. The van der Waals surface area contributed by atoms with Gasteiger partial charge in [-0.15, -0.1) is 0 Å². The van der Waals surface area contributed by atoms with Gasteiger partial charge in [-0.25, -0.2) is 9.38 Å². The van der Waals surface area contributed by atoms with E-state index in [0.717, 1.165) is 11.3 Å². The molecule has 2 unspecified atom stereocenters. The summed E-state index contributed by atoms with van der Waals surface area (Å²) in [5.74, 6) is 0.303. The lowest BCUT2D eigenvalue weighted by Crippen LogP contribution is -2.33. The highest BCUT2D eigenvalue weighted by molar-refractivity contribution is 5.73. The monoisotopic (exact) mass is 426 g/mol. The maximum atomic E-state index is 13.0. The van der Waals surface area contributed by atoms with Crippen LogP contribution in [0, 0.1) is 0 Å². The topological polar surface area (TPSA) is 141 Å². The first-order chi connectivity index (χ1) is 14.9. The molecule has 4 N–H and O–H groups in total. The Morgan fingerprint density at radius 1 is 1.19 bits per heavy atom. The minimum Gasteiger partial charge on any atom is -0.394 e. The SMILES string of the molecule is CN(C)c1ccc(-c2cn3c(=O)c4ncn([C@@H]5O[C@H](CO)C(O)C5O)c4nc3[nH]2)cc1. The zero-order valence-electron chi connectivity index (χ0n) is 16.9. The van der Waals surface area contributed by atoms with Crippen LogP contribution in [0.25, 0.3) is 28.2 Å². The predicted molar refractivity (Wildman–Crippen MR) is 112 cm³/mol. The Labute approximate surface area is 175 Å². The lowest BCUT2D eigenvalue weighted by molar-refractivity contribution is -0.0511. The lowest BCUT2D eigenvalue weighted by atomic mass is 10.1. The van der Waals surface area contributed by atoms with Crippen molar-refractivity contribution in [3.05, 3.63) is 47.1 Å². The average Bonchev–Trinajstić information content (AvgIpc) is 3.45. The third-order valence-corrected chi connectivity index (χ3v) is 5.62. The highest BCUT2D eigenvalue weighted by atomic mass is 16.6. The second-order valence-corrected chi connectivity index (χ2v) is 7.77. The molecule has 0 bridgehead atoms. The molecule has 0 aliphatic carbocycles. The number of hydrogen-bond donors (Lipinski definition) is 4. The molecule has 1 aromatic carbocycles. The number of nitrogens with one attached hydrogen (secondary N) is 1. The second-order valence-electron chi connectivity index (χ2n) is 7.77. The van der Waals surface area contributed by atoms with E-state index in [1.165, 1.54) is 15.3 Å². The number of aliphatic hydroxyl groups excluding tert-OH is 3. The van der Waals surface area contributed by atoms with E-state index in [0.29, 0.717) is 11.5 Å². The summed E-state index contributed by atoms with van der Waals surface area (Å²) in [7, 11) is 3.92. The van der Waals surface area contributed by atoms with Gasteiger partial charge in [0.25, 0.3) is 5.56 Å². The van der Waals surface area contributed by atoms with E-state index >= 15 is 0 Å². The summed E-state index contributed by atoms with van der Waals surface area (Å²) >= 11 is 0. The van der Waals surface area contributed by atoms with E-state index in [4.69, 9.17) is 4.74 Å². The van der Waals surface area contributed by atoms with Crippen molar-refractivity contribution in [2.45, 2.75) is 24.5 Å². The van der Waals surface area contributed by atoms with Crippen LogP contribution < -0.4 is 10.5 Å². The molecule has 0 amide bonds. The van der Waals surface area contributed by atoms with E-state index in [1.807, 2.05) is 43.3 Å². The number of imidazole rings is 2. The fraction of sp³-hybridized carbons (Fsp3) is 0.350. The Balaban J connectivity index is 1.59. The van der Waals surface area contributed by atoms with Crippen LogP contribution in [0.4, 0.5) is 5.69 Å². The molecule has 1 fully saturated rings. The summed E-state index contributed by atoms with van der Waals surface area (Å²) in [5, 5.41) is 29.7. The summed E-state index contributed by atoms with van der Waals surface area (Å²) in [6.45, 7) is -0.450. The Bertz CT molecular complexity index is 1310. The van der Waals surface area contributed by atoms with Crippen LogP contribution >= 0.6 is 0 Å². The Hall–Kier alpha value is -3.25. The molecule has 11 nitrogen and oxygen atoms in total. The number of anilines is 1. The van der Waals surface area contributed by atoms with Crippen molar-refractivity contribution in [3.63, 3.8) is 0 Å². The average molecular weight is 426 g/mol. The summed E-state index contributed by atoms with van der Waals surface area (Å²) < 4.78 is 8.33. The quantitative estimate of drug-likeness (QED) is 0.349. The van der Waals surface area contributed by atoms with Gasteiger partial charge in [0.1, 0.15) is 18.3 Å². The normalized spacial score (nSPS) is 23.8. The molecule has 1 saturated heterocycles. The van der Waals surface area contributed by atoms with Crippen molar-refractivity contribution in [1.29, 1.82) is 0 Å². The maximum absolute atomic E-state index is 13.0. The second kappa shape index (κ2) is 7.17. The molecule has 31 heavy (non-hydrogen) atoms. The largest absolute Gasteiger partial charge is 0.394 e. The number of rotatable bonds is 4. The third-order valence-electron chi connectivity index (χ3n) is 5.62. The number of aliphatic hydroxyl groups is 3. The molecule has 1 aliphatic heterocycles. The van der Waals surface area contributed by atoms with Crippen molar-refractivity contribution < 1.29 is 20.1 Å². The first kappa shape index (κ1) is 19.7. The van der Waals surface area contributed by atoms with Gasteiger partial charge < -0.3 is 29.9 Å². The van der Waals surface area contributed by atoms with Gasteiger partial charge in [0.05, 0.1) is 18.6 Å². The van der Waals surface area contributed by atoms with Crippen molar-refractivity contribution in [2.24, 2.45) is 0 Å². The number of hydrogen-bond acceptors (Lipinski definition) is 8. The zero-order valence-corrected chi connectivity index (χ0v) is 16.9. The van der Waals surface area contributed by atoms with Gasteiger partial charge in [0.2, 0.25) is 5.78 Å². The van der Waals surface area contributed by atoms with Crippen LogP contribution in [0.5, 0.6) is 0 Å². The van der Waals surface area contributed by atoms with Crippen molar-refractivity contribution >= 4 is 22.6 Å². The fourth-order valence-corrected chi connectivity index (χ4v) is 3.85. The van der Waals surface area contributed by atoms with Crippen molar-refractivity contribution in [3.8, 4) is 11.3 Å². The highest BCUT2D eigenvalue weighted by Gasteiger charge is 2.44. The molecule has 162 valence electrons. The van der Waals surface area contributed by atoms with Crippen LogP contribution in [0.3, 0.4) is 0 Å². The van der Waals surface area contributed by atoms with Crippen LogP contribution in [0.15, 0.2) is 41.6 Å². The molecule has 0 radical (unpaired) electrons. The number of benzene rings is 1. The molecule has 4 heterocycles. The summed E-state index contributed by atoms with van der Waals surface area (Å²) in [6, 6.07) is 7.85. The first-order valence-electron chi connectivity index (χ1n) is 9.77. The molecule has 0 saturated carbocycles. The molecule has 4 atom stereocenters. The maximum Gasteiger partial charge on any atom is 0.287 e. The van der Waals surface area contributed by atoms with E-state index in [1.54, 1.807) is 6.20 Å². The van der Waals surface area contributed by atoms with Gasteiger partial charge in [0, 0.05) is 26.0 Å². The molecule has 1 aliphatic rings. The molecular formula is C20H22N6O5. The van der Waals surface area contributed by atoms with Gasteiger partial charge >= 0.3 is 0 Å². The van der Waals surface area contributed by atoms with E-state index in [-0.39, 0.29) is 16.7 Å². The predicted octanol–water partition coefficient (Wildman–Crippen LogP) is -0.283. The third kappa shape index (κ3) is 3.01. The Morgan fingerprint density at radius 3 is 2.58 bits per heavy atom. The van der Waals surface area contributed by atoms with Crippen LogP contribution in [-0.2, 0) is 4.74 Å². The van der Waals surface area contributed by atoms with Gasteiger partial charge in [-0.3, -0.25) is 9.36 Å². The van der Waals surface area contributed by atoms with Gasteiger partial charge in [0.15, 0.2) is 17.4 Å². The molecule has 5 rings (SSSR count). The lowest BCUT2D eigenvalue weighted by Gasteiger charge is -2.16. The number of nitrogens with zero attached hydrogens (tertiary/aromatic N) is 5. The van der Waals surface area contributed by atoms with Crippen molar-refractivity contribution in [2.75, 3.05) is 25.6 Å². The molecule has 11 heteroatoms. The summed E-state index contributed by atoms with van der Waals surface area (Å²) in [4.78, 5) is 26.8. The number of aromatic amines is 1. The molecule has 4 aromatic rings. The molecule has 3 aromatic heterocycles. The zero-order chi connectivity index (χ0) is 21.9. The smallest absolute Gasteiger partial charge is 0.287 e. The summed E-state index contributed by atoms with van der Waals surface area (Å²) in [6.07, 6.45) is -1.53. The first-order valence-corrected chi connectivity index (χ1v) is 9.77. The van der Waals surface area contributed by atoms with Crippen LogP contribution in [0.2, 0.25) is 0 Å². The summed E-state index contributed by atoms with van der Waals surface area (Å²) in [5.41, 5.74) is 2.58. The van der Waals surface area contributed by atoms with Gasteiger partial charge in [-0.1, -0.05) is 12.1 Å². The van der Waals surface area contributed by atoms with E-state index < -0.39 is 31.1 Å². The highest BCUT2D eigenvalue weighted by Crippen LogP contribution is 2.31. The number of ether oxygens (including phenoxy) is 1. The molecule has 0 spiro atoms. The standard InChI is InChI=1S/C20H22N6O5/c1-24(2)11-5-3-10(4-6-11)12-7-25-18(30)14-17(23-20(25)22-12)26(9-21-14)19-16(29)15(28)13(8-27)31-19/h3-7,9,13,15-16,19,27-29H,8H2,1-2H3,(H,22,23)/t13-,15?,16?,19-/m1/s1. The fourth-order valence-electron chi connectivity index (χ4n) is 3.85. The number of aromatic nitrogens is 5. The van der Waals surface area contributed by atoms with Crippen molar-refractivity contribution in [1.82, 2.24) is 23.9 Å². The van der Waals surface area contributed by atoms with Gasteiger partial charge in [-0.05, 0) is 17.7 Å². The molecular weight excluding hydrogens is 404 g/mol. The number of H-pyrrole nitrogens is 1. The minimum atomic E-state index is -1.30. The van der Waals surface area contributed by atoms with E-state index in [2.05, 4.69) is 15.0 Å². The minimum absolute atomic E-state index is 0.101. The Kier molecular flexibility index (Phi) is 4.55. The van der Waals surface area contributed by atoms with Crippen LogP contribution in [-0.4, -0.2) is 78.3 Å². The Morgan fingerprint density at radius 2 is 1.94 bits per heavy atom.